The summed E-state index contributed by atoms with van der Waals surface area (Å²) in [4.78, 5) is 25.4. The fourth-order valence-electron chi connectivity index (χ4n) is 4.08. The Balaban J connectivity index is 0.000000456. The van der Waals surface area contributed by atoms with Gasteiger partial charge in [0.05, 0.1) is 9.85 Å². The molecule has 0 spiro atoms. The molecule has 1 fully saturated rings. The molecule has 0 aliphatic carbocycles. The molecule has 1 heterocycles. The first kappa shape index (κ1) is 37.5. The monoisotopic (exact) mass is 1040 g/mol. The Kier molecular flexibility index (Phi) is 17.7. The summed E-state index contributed by atoms with van der Waals surface area (Å²) < 4.78 is 13.0. The van der Waals surface area contributed by atoms with E-state index in [1.54, 1.807) is 36.4 Å². The zero-order valence-electron chi connectivity index (χ0n) is 21.8. The molecule has 0 unspecified atom stereocenters. The third-order valence-corrected chi connectivity index (χ3v) is 6.81. The minimum absolute atomic E-state index is 0. The maximum Gasteiger partial charge on any atom is 0.274 e. The Hall–Kier alpha value is -0.567. The largest absolute Gasteiger partial charge is 0.674 e. The summed E-state index contributed by atoms with van der Waals surface area (Å²) in [6.07, 6.45) is 0. The maximum atomic E-state index is 13.0. The summed E-state index contributed by atoms with van der Waals surface area (Å²) >= 11 is 3.17. The number of alkyl halides is 1. The van der Waals surface area contributed by atoms with Crippen LogP contribution in [0.2, 0.25) is 0 Å². The number of rotatable bonds is 8. The van der Waals surface area contributed by atoms with Gasteiger partial charge in [-0.15, -0.1) is 13.1 Å². The molecule has 1 aliphatic heterocycles. The topological polar surface area (TPSA) is 140 Å². The van der Waals surface area contributed by atoms with Crippen LogP contribution in [0, 0.1) is 114 Å². The first-order valence-electron chi connectivity index (χ1n) is 11.9. The predicted molar refractivity (Wildman–Crippen MR) is 149 cm³/mol. The summed E-state index contributed by atoms with van der Waals surface area (Å²) in [6.45, 7) is 3.80. The number of anilines is 1. The smallest absolute Gasteiger partial charge is 0.274 e. The van der Waals surface area contributed by atoms with Gasteiger partial charge >= 0.3 is 0 Å². The van der Waals surface area contributed by atoms with E-state index < -0.39 is 4.92 Å². The number of hydrogen-bond acceptors (Lipinski definition) is 6. The van der Waals surface area contributed by atoms with Crippen molar-refractivity contribution in [2.75, 3.05) is 31.1 Å². The fraction of sp³-hybridized carbons (Fsp3) is 0.308. The van der Waals surface area contributed by atoms with Crippen molar-refractivity contribution in [1.82, 2.24) is 4.90 Å². The molecule has 0 aromatic heterocycles. The van der Waals surface area contributed by atoms with Gasteiger partial charge in [-0.1, -0.05) is 51.3 Å². The number of nitro groups is 2. The average Bonchev–Trinajstić information content (AvgIpc) is 2.94. The number of nitrogens with zero attached hydrogens (tertiary/aromatic N) is 4. The number of nitro benzene ring substituents is 2. The Morgan fingerprint density at radius 3 is 1.70 bits per heavy atom. The van der Waals surface area contributed by atoms with Crippen LogP contribution in [0.15, 0.2) is 60.7 Å². The van der Waals surface area contributed by atoms with E-state index in [1.807, 2.05) is 0 Å². The van der Waals surface area contributed by atoms with Crippen LogP contribution in [0.25, 0.3) is 11.5 Å². The molecule has 14 heteroatoms. The van der Waals surface area contributed by atoms with Gasteiger partial charge in [-0.05, 0) is 24.3 Å². The number of nitrogens with one attached hydrogen (secondary N) is 2. The van der Waals surface area contributed by atoms with Crippen molar-refractivity contribution in [3.05, 3.63) is 120 Å². The quantitative estimate of drug-likeness (QED) is 0.141. The second-order valence-corrected chi connectivity index (χ2v) is 9.23. The molecule has 2 N–H and O–H groups in total. The van der Waals surface area contributed by atoms with Crippen molar-refractivity contribution >= 4 is 33.0 Å². The summed E-state index contributed by atoms with van der Waals surface area (Å²) in [5, 5.41) is 22.3. The van der Waals surface area contributed by atoms with Crippen molar-refractivity contribution in [3.8, 4) is 0 Å². The SMILES string of the molecule is [Ac].[Ac].[NH-]Cc1ccc(CBr)c([N+](=O)[O-])c1.[NH-]Cc1ccc(CN2CCN(c3ccc(F)cc3)CC2)c([N+](=O)[O-])c1. The summed E-state index contributed by atoms with van der Waals surface area (Å²) in [5.41, 5.74) is 18.2. The summed E-state index contributed by atoms with van der Waals surface area (Å²) in [5.74, 6) is -0.245. The minimum Gasteiger partial charge on any atom is -0.674 e. The molecule has 3 aromatic carbocycles. The Morgan fingerprint density at radius 2 is 1.25 bits per heavy atom. The Bertz CT molecular complexity index is 1260. The van der Waals surface area contributed by atoms with Gasteiger partial charge in [0, 0.05) is 155 Å². The first-order chi connectivity index (χ1) is 18.2. The van der Waals surface area contributed by atoms with Crippen LogP contribution in [0.1, 0.15) is 22.3 Å². The molecule has 2 radical (unpaired) electrons. The first-order valence-corrected chi connectivity index (χ1v) is 13.0. The molecular formula is C26H28Ac2BrFN6O4-2. The van der Waals surface area contributed by atoms with Crippen molar-refractivity contribution in [3.63, 3.8) is 0 Å². The number of benzene rings is 3. The number of hydrogen-bond donors (Lipinski definition) is 0. The fourth-order valence-corrected chi connectivity index (χ4v) is 4.56. The van der Waals surface area contributed by atoms with E-state index in [9.17, 15) is 24.6 Å². The van der Waals surface area contributed by atoms with Crippen LogP contribution in [0.4, 0.5) is 21.5 Å². The second kappa shape index (κ2) is 18.9. The summed E-state index contributed by atoms with van der Waals surface area (Å²) in [6, 6.07) is 16.4. The standard InChI is InChI=1S/C18H20FN4O2.C8H8BrN2O2.2Ac/c19-16-3-5-17(6-4-16)22-9-7-21(8-10-22)13-15-2-1-14(12-20)11-18(15)23(24)25;9-4-7-2-1-6(5-10)3-8(7)11(12)13;;/h1-6,11,20H,7-10,12-13H2;1-3,10H,4-5H2;;/q2*-1;;. The van der Waals surface area contributed by atoms with Crippen LogP contribution < -0.4 is 4.90 Å². The zero-order chi connectivity index (χ0) is 27.7. The van der Waals surface area contributed by atoms with Gasteiger partial charge in [0.15, 0.2) is 0 Å². The van der Waals surface area contributed by atoms with Crippen LogP contribution in [-0.2, 0) is 25.0 Å². The van der Waals surface area contributed by atoms with Crippen molar-refractivity contribution in [2.45, 2.75) is 25.0 Å². The third kappa shape index (κ3) is 10.9. The summed E-state index contributed by atoms with van der Waals surface area (Å²) in [7, 11) is 0. The normalized spacial score (nSPS) is 12.8. The average molecular weight is 1040 g/mol. The molecule has 10 nitrogen and oxygen atoms in total. The van der Waals surface area contributed by atoms with Crippen molar-refractivity contribution in [2.24, 2.45) is 0 Å². The van der Waals surface area contributed by atoms with E-state index in [-0.39, 0.29) is 123 Å². The molecule has 208 valence electrons. The van der Waals surface area contributed by atoms with Gasteiger partial charge in [-0.2, -0.15) is 0 Å². The third-order valence-electron chi connectivity index (χ3n) is 6.20. The van der Waals surface area contributed by atoms with Crippen LogP contribution in [0.5, 0.6) is 0 Å². The van der Waals surface area contributed by atoms with Gasteiger partial charge in [0.25, 0.3) is 11.4 Å². The van der Waals surface area contributed by atoms with Gasteiger partial charge in [-0.25, -0.2) is 4.39 Å². The maximum absolute atomic E-state index is 13.0. The van der Waals surface area contributed by atoms with Crippen molar-refractivity contribution < 1.29 is 102 Å². The molecule has 40 heavy (non-hydrogen) atoms. The van der Waals surface area contributed by atoms with E-state index in [0.29, 0.717) is 34.1 Å². The molecule has 0 bridgehead atoms. The second-order valence-electron chi connectivity index (χ2n) is 8.67. The molecule has 3 aromatic rings. The number of piperazine rings is 1. The minimum atomic E-state index is -0.421. The van der Waals surface area contributed by atoms with Gasteiger partial charge in [0.2, 0.25) is 0 Å². The molecule has 0 atom stereocenters. The van der Waals surface area contributed by atoms with Gasteiger partial charge < -0.3 is 16.4 Å². The molecule has 1 saturated heterocycles. The van der Waals surface area contributed by atoms with E-state index in [1.165, 1.54) is 24.3 Å². The zero-order valence-corrected chi connectivity index (χ0v) is 32.8. The number of halogens is 2. The molecule has 0 amide bonds. The molecule has 0 saturated carbocycles. The van der Waals surface area contributed by atoms with Gasteiger partial charge in [0.1, 0.15) is 5.82 Å². The van der Waals surface area contributed by atoms with E-state index in [4.69, 9.17) is 11.5 Å². The van der Waals surface area contributed by atoms with E-state index in [2.05, 4.69) is 25.7 Å². The van der Waals surface area contributed by atoms with Crippen molar-refractivity contribution in [1.29, 1.82) is 0 Å². The Morgan fingerprint density at radius 1 is 0.775 bits per heavy atom. The van der Waals surface area contributed by atoms with Crippen LogP contribution >= 0.6 is 15.9 Å². The van der Waals surface area contributed by atoms with Gasteiger partial charge in [-0.3, -0.25) is 25.1 Å². The Labute approximate surface area is 312 Å². The predicted octanol–water partition coefficient (Wildman–Crippen LogP) is 6.65. The van der Waals surface area contributed by atoms with Crippen LogP contribution in [-0.4, -0.2) is 40.9 Å². The van der Waals surface area contributed by atoms with E-state index in [0.717, 1.165) is 31.9 Å². The molecular weight excluding hydrogens is 1010 g/mol. The molecule has 4 rings (SSSR count). The molecule has 1 aliphatic rings. The van der Waals surface area contributed by atoms with Crippen LogP contribution in [0.3, 0.4) is 0 Å². The van der Waals surface area contributed by atoms with E-state index >= 15 is 0 Å².